The number of rotatable bonds is 21. The van der Waals surface area contributed by atoms with Gasteiger partial charge in [0, 0.05) is 36.1 Å². The van der Waals surface area contributed by atoms with Gasteiger partial charge in [-0.2, -0.15) is 4.37 Å². The minimum atomic E-state index is -4.11. The minimum absolute atomic E-state index is 0.0669. The lowest BCUT2D eigenvalue weighted by Gasteiger charge is -2.25. The first-order chi connectivity index (χ1) is 23.5. The molecule has 2 aromatic carbocycles. The second-order valence-corrected chi connectivity index (χ2v) is 14.9. The monoisotopic (exact) mass is 717 g/mol. The maximum atomic E-state index is 14.4. The van der Waals surface area contributed by atoms with Crippen molar-refractivity contribution in [1.29, 1.82) is 0 Å². The van der Waals surface area contributed by atoms with Crippen LogP contribution in [0.25, 0.3) is 11.1 Å². The van der Waals surface area contributed by atoms with Crippen molar-refractivity contribution >= 4 is 39.3 Å². The van der Waals surface area contributed by atoms with E-state index < -0.39 is 22.0 Å². The van der Waals surface area contributed by atoms with E-state index in [1.165, 1.54) is 22.9 Å². The van der Waals surface area contributed by atoms with Crippen molar-refractivity contribution in [3.8, 4) is 11.1 Å². The van der Waals surface area contributed by atoms with Crippen LogP contribution in [0.5, 0.6) is 0 Å². The Morgan fingerprint density at radius 3 is 2.39 bits per heavy atom. The average Bonchev–Trinajstić information content (AvgIpc) is 3.42. The highest BCUT2D eigenvalue weighted by Crippen LogP contribution is 2.36. The minimum Gasteiger partial charge on any atom is -0.467 e. The van der Waals surface area contributed by atoms with Crippen molar-refractivity contribution < 1.29 is 37.0 Å². The molecule has 0 bridgehead atoms. The first-order valence-corrected chi connectivity index (χ1v) is 18.9. The molecular weight excluding hydrogens is 667 g/mol. The van der Waals surface area contributed by atoms with E-state index in [4.69, 9.17) is 18.9 Å². The number of ether oxygens (including phenoxy) is 4. The number of methoxy groups -OCH3 is 2. The molecule has 13 heteroatoms. The summed E-state index contributed by atoms with van der Waals surface area (Å²) in [4.78, 5) is 25.5. The van der Waals surface area contributed by atoms with Crippen molar-refractivity contribution in [3.63, 3.8) is 0 Å². The summed E-state index contributed by atoms with van der Waals surface area (Å²) in [7, 11) is -1.23. The van der Waals surface area contributed by atoms with Gasteiger partial charge in [0.15, 0.2) is 5.82 Å². The van der Waals surface area contributed by atoms with E-state index >= 15 is 0 Å². The maximum Gasteiger partial charge on any atom is 0.328 e. The Morgan fingerprint density at radius 1 is 0.980 bits per heavy atom. The summed E-state index contributed by atoms with van der Waals surface area (Å²) in [5, 5.41) is 2.79. The summed E-state index contributed by atoms with van der Waals surface area (Å²) in [6.45, 7) is 10.6. The zero-order chi connectivity index (χ0) is 36.0. The van der Waals surface area contributed by atoms with Crippen LogP contribution >= 0.6 is 11.5 Å². The number of aromatic nitrogens is 1. The van der Waals surface area contributed by atoms with E-state index in [-0.39, 0.29) is 30.1 Å². The summed E-state index contributed by atoms with van der Waals surface area (Å²) < 4.78 is 56.0. The molecule has 1 amide bonds. The van der Waals surface area contributed by atoms with Crippen LogP contribution in [0.3, 0.4) is 0 Å². The molecule has 11 nitrogen and oxygen atoms in total. The topological polar surface area (TPSA) is 133 Å². The molecule has 270 valence electrons. The summed E-state index contributed by atoms with van der Waals surface area (Å²) in [6.07, 6.45) is 3.50. The Balaban J connectivity index is 1.81. The second-order valence-electron chi connectivity index (χ2n) is 12.1. The fourth-order valence-electron chi connectivity index (χ4n) is 5.26. The molecule has 1 atom stereocenters. The van der Waals surface area contributed by atoms with E-state index in [1.807, 2.05) is 58.9 Å². The van der Waals surface area contributed by atoms with Crippen molar-refractivity contribution in [2.45, 2.75) is 84.3 Å². The van der Waals surface area contributed by atoms with Crippen molar-refractivity contribution in [2.24, 2.45) is 5.92 Å². The predicted molar refractivity (Wildman–Crippen MR) is 192 cm³/mol. The third-order valence-electron chi connectivity index (χ3n) is 8.19. The van der Waals surface area contributed by atoms with Gasteiger partial charge in [-0.05, 0) is 80.2 Å². The largest absolute Gasteiger partial charge is 0.467 e. The van der Waals surface area contributed by atoms with Gasteiger partial charge in [-0.15, -0.1) is 0 Å². The maximum absolute atomic E-state index is 14.4. The Morgan fingerprint density at radius 2 is 1.73 bits per heavy atom. The molecule has 0 aliphatic heterocycles. The molecule has 0 aliphatic carbocycles. The van der Waals surface area contributed by atoms with E-state index in [2.05, 4.69) is 15.8 Å². The normalized spacial score (nSPS) is 12.2. The summed E-state index contributed by atoms with van der Waals surface area (Å²) in [5.41, 5.74) is 4.09. The van der Waals surface area contributed by atoms with E-state index in [0.29, 0.717) is 44.0 Å². The molecule has 0 saturated carbocycles. The van der Waals surface area contributed by atoms with Crippen molar-refractivity contribution in [2.75, 3.05) is 45.1 Å². The molecule has 0 unspecified atom stereocenters. The number of nitrogens with one attached hydrogen (secondary N) is 1. The van der Waals surface area contributed by atoms with E-state index in [0.717, 1.165) is 46.4 Å². The highest BCUT2D eigenvalue weighted by Gasteiger charge is 2.31. The molecule has 0 fully saturated rings. The van der Waals surface area contributed by atoms with Crippen LogP contribution in [-0.2, 0) is 51.6 Å². The second kappa shape index (κ2) is 19.7. The molecule has 0 saturated heterocycles. The van der Waals surface area contributed by atoms with Crippen LogP contribution in [0.2, 0.25) is 0 Å². The van der Waals surface area contributed by atoms with Crippen molar-refractivity contribution in [3.05, 3.63) is 64.0 Å². The number of anilines is 1. The summed E-state index contributed by atoms with van der Waals surface area (Å²) in [5.74, 6) is -0.326. The first-order valence-electron chi connectivity index (χ1n) is 16.6. The number of hydrogen-bond acceptors (Lipinski definition) is 10. The third-order valence-corrected chi connectivity index (χ3v) is 10.8. The molecule has 1 heterocycles. The Labute approximate surface area is 295 Å². The lowest BCUT2D eigenvalue weighted by molar-refractivity contribution is -0.146. The van der Waals surface area contributed by atoms with Crippen LogP contribution in [0.15, 0.2) is 47.4 Å². The highest BCUT2D eigenvalue weighted by molar-refractivity contribution is 7.93. The molecule has 3 aromatic rings. The summed E-state index contributed by atoms with van der Waals surface area (Å²) in [6, 6.07) is 12.4. The van der Waals surface area contributed by atoms with Gasteiger partial charge in [0.2, 0.25) is 5.91 Å². The number of nitrogens with zero attached hydrogens (tertiary/aromatic N) is 2. The number of carbonyl (C=O) groups excluding carboxylic acids is 2. The highest BCUT2D eigenvalue weighted by atomic mass is 32.2. The van der Waals surface area contributed by atoms with Gasteiger partial charge in [-0.3, -0.25) is 4.79 Å². The Bertz CT molecular complexity index is 1620. The average molecular weight is 718 g/mol. The van der Waals surface area contributed by atoms with Gasteiger partial charge in [-0.1, -0.05) is 56.7 Å². The smallest absolute Gasteiger partial charge is 0.328 e. The zero-order valence-electron chi connectivity index (χ0n) is 29.7. The number of sulfonamides is 1. The predicted octanol–water partition coefficient (Wildman–Crippen LogP) is 6.20. The lowest BCUT2D eigenvalue weighted by atomic mass is 9.95. The number of esters is 1. The van der Waals surface area contributed by atoms with Gasteiger partial charge >= 0.3 is 5.97 Å². The number of benzene rings is 2. The molecule has 0 aliphatic rings. The standard InChI is InChI=1S/C36H51N3O8S2/c1-8-46-23-29-22-28(14-10-9-11-17-33(40)37-34(25(2)3)36(41)45-7)18-19-30(29)31-15-12-13-16-32(31)49(42,43)39(24-47-21-20-44-6)35-26(4)27(5)48-38-35/h12-13,15-16,18-19,22,25,34H,8-11,14,17,20-21,23-24H2,1-7H3,(H,37,40)/t34-/m0/s1. The number of amides is 1. The van der Waals surface area contributed by atoms with Crippen LogP contribution in [0.1, 0.15) is 68.0 Å². The molecule has 0 radical (unpaired) electrons. The van der Waals surface area contributed by atoms with Gasteiger partial charge < -0.3 is 24.3 Å². The number of unbranched alkanes of at least 4 members (excludes halogenated alkanes) is 2. The Kier molecular flexibility index (Phi) is 16.1. The molecule has 3 rings (SSSR count). The Hall–Kier alpha value is -3.36. The van der Waals surface area contributed by atoms with Gasteiger partial charge in [0.25, 0.3) is 10.0 Å². The van der Waals surface area contributed by atoms with Crippen LogP contribution in [0, 0.1) is 19.8 Å². The molecule has 1 aromatic heterocycles. The van der Waals surface area contributed by atoms with Crippen molar-refractivity contribution in [1.82, 2.24) is 9.69 Å². The SMILES string of the molecule is CCOCc1cc(CCCCCC(=O)N[C@H](C(=O)OC)C(C)C)ccc1-c1ccccc1S(=O)(=O)N(COCCOC)c1nsc(C)c1C. The molecule has 49 heavy (non-hydrogen) atoms. The fourth-order valence-corrected chi connectivity index (χ4v) is 7.57. The first kappa shape index (κ1) is 40.1. The number of aryl methyl sites for hydroxylation is 2. The van der Waals surface area contributed by atoms with Gasteiger partial charge in [0.05, 0.1) is 31.8 Å². The van der Waals surface area contributed by atoms with E-state index in [9.17, 15) is 18.0 Å². The quantitative estimate of drug-likeness (QED) is 0.0778. The van der Waals surface area contributed by atoms with Crippen LogP contribution < -0.4 is 9.62 Å². The number of carbonyl (C=O) groups is 2. The van der Waals surface area contributed by atoms with Gasteiger partial charge in [0.1, 0.15) is 12.8 Å². The van der Waals surface area contributed by atoms with Gasteiger partial charge in [-0.25, -0.2) is 17.5 Å². The lowest BCUT2D eigenvalue weighted by Crippen LogP contribution is -2.44. The molecular formula is C36H51N3O8S2. The fraction of sp³-hybridized carbons (Fsp3) is 0.528. The molecule has 1 N–H and O–H groups in total. The van der Waals surface area contributed by atoms with Crippen LogP contribution in [0.4, 0.5) is 5.82 Å². The van der Waals surface area contributed by atoms with E-state index in [1.54, 1.807) is 19.2 Å². The zero-order valence-corrected chi connectivity index (χ0v) is 31.4. The summed E-state index contributed by atoms with van der Waals surface area (Å²) >= 11 is 1.25. The molecule has 0 spiro atoms. The number of hydrogen-bond donors (Lipinski definition) is 1. The third kappa shape index (κ3) is 11.1. The van der Waals surface area contributed by atoms with Crippen LogP contribution in [-0.4, -0.2) is 71.5 Å².